The highest BCUT2D eigenvalue weighted by molar-refractivity contribution is 6.13. The van der Waals surface area contributed by atoms with Gasteiger partial charge in [0.1, 0.15) is 11.2 Å². The average Bonchev–Trinajstić information content (AvgIpc) is 4.03. The van der Waals surface area contributed by atoms with Gasteiger partial charge in [-0.25, -0.2) is 0 Å². The summed E-state index contributed by atoms with van der Waals surface area (Å²) in [5, 5.41) is 2.45. The summed E-state index contributed by atoms with van der Waals surface area (Å²) in [5.41, 5.74) is 25.2. The highest BCUT2D eigenvalue weighted by Crippen LogP contribution is 2.60. The average molecular weight is 920 g/mol. The van der Waals surface area contributed by atoms with Crippen LogP contribution in [0.5, 0.6) is 0 Å². The summed E-state index contributed by atoms with van der Waals surface area (Å²) in [5.74, 6) is 0. The van der Waals surface area contributed by atoms with Crippen LogP contribution in [0.2, 0.25) is 0 Å². The molecule has 0 atom stereocenters. The zero-order valence-electron chi connectivity index (χ0n) is 42.8. The molecule has 0 aliphatic heterocycles. The smallest absolute Gasteiger partial charge is 0.139 e. The van der Waals surface area contributed by atoms with E-state index in [2.05, 4.69) is 262 Å². The molecule has 0 fully saturated rings. The molecule has 0 saturated heterocycles. The van der Waals surface area contributed by atoms with Crippen LogP contribution in [0.15, 0.2) is 192 Å². The van der Waals surface area contributed by atoms with Crippen LogP contribution in [0, 0.1) is 0 Å². The van der Waals surface area contributed by atoms with Gasteiger partial charge in [-0.15, -0.1) is 0 Å². The van der Waals surface area contributed by atoms with Crippen molar-refractivity contribution in [2.75, 3.05) is 4.90 Å². The SMILES string of the molecule is CC(C)(C)c1cc(C(C)(C)C)c2oc3ccc4c(c3c2c1)C(C)(C)c1cccc(N(c2ccc(C3(c5ccccc5)c5ccccc5-c5ccccc53)cc2)c2ccc3c(c2)C(C)(C)c2ccccc2-3)c1-4. The van der Waals surface area contributed by atoms with Gasteiger partial charge in [0.2, 0.25) is 0 Å². The topological polar surface area (TPSA) is 16.4 Å². The zero-order valence-corrected chi connectivity index (χ0v) is 42.8. The fraction of sp³-hybridized carbons (Fsp3) is 0.217. The molecule has 0 saturated carbocycles. The minimum absolute atomic E-state index is 0.0332. The summed E-state index contributed by atoms with van der Waals surface area (Å²) in [7, 11) is 0. The molecule has 0 bridgehead atoms. The minimum Gasteiger partial charge on any atom is -0.456 e. The summed E-state index contributed by atoms with van der Waals surface area (Å²) in [6.45, 7) is 23.5. The molecule has 13 rings (SSSR count). The first-order valence-electron chi connectivity index (χ1n) is 25.6. The number of benzene rings is 9. The number of hydrogen-bond donors (Lipinski definition) is 0. The minimum atomic E-state index is -0.489. The molecule has 9 aromatic carbocycles. The van der Waals surface area contributed by atoms with E-state index in [9.17, 15) is 0 Å². The van der Waals surface area contributed by atoms with Crippen molar-refractivity contribution < 1.29 is 4.42 Å². The maximum atomic E-state index is 7.03. The molecule has 2 heteroatoms. The first kappa shape index (κ1) is 43.6. The van der Waals surface area contributed by atoms with Crippen molar-refractivity contribution in [2.45, 2.75) is 96.3 Å². The predicted octanol–water partition coefficient (Wildman–Crippen LogP) is 18.6. The molecule has 0 radical (unpaired) electrons. The van der Waals surface area contributed by atoms with Gasteiger partial charge in [0.05, 0.1) is 11.1 Å². The molecule has 0 spiro atoms. The molecule has 348 valence electrons. The van der Waals surface area contributed by atoms with Crippen LogP contribution in [0.25, 0.3) is 55.3 Å². The Bertz CT molecular complexity index is 3780. The van der Waals surface area contributed by atoms with E-state index in [1.807, 2.05) is 0 Å². The van der Waals surface area contributed by atoms with Gasteiger partial charge in [-0.2, -0.15) is 0 Å². The van der Waals surface area contributed by atoms with Gasteiger partial charge in [-0.3, -0.25) is 0 Å². The maximum absolute atomic E-state index is 7.03. The molecule has 2 nitrogen and oxygen atoms in total. The number of rotatable bonds is 5. The summed E-state index contributed by atoms with van der Waals surface area (Å²) < 4.78 is 7.03. The van der Waals surface area contributed by atoms with Crippen LogP contribution in [0.3, 0.4) is 0 Å². The molecule has 0 N–H and O–H groups in total. The van der Waals surface area contributed by atoms with Gasteiger partial charge < -0.3 is 9.32 Å². The molecule has 1 aromatic heterocycles. The van der Waals surface area contributed by atoms with Gasteiger partial charge in [0.15, 0.2) is 0 Å². The highest BCUT2D eigenvalue weighted by atomic mass is 16.3. The summed E-state index contributed by atoms with van der Waals surface area (Å²) >= 11 is 0. The van der Waals surface area contributed by atoms with Crippen molar-refractivity contribution >= 4 is 39.0 Å². The fourth-order valence-electron chi connectivity index (χ4n) is 13.3. The van der Waals surface area contributed by atoms with Gasteiger partial charge >= 0.3 is 0 Å². The lowest BCUT2D eigenvalue weighted by Crippen LogP contribution is -2.28. The van der Waals surface area contributed by atoms with Crippen molar-refractivity contribution in [1.29, 1.82) is 0 Å². The van der Waals surface area contributed by atoms with E-state index >= 15 is 0 Å². The third kappa shape index (κ3) is 6.00. The molecule has 1 heterocycles. The monoisotopic (exact) mass is 919 g/mol. The van der Waals surface area contributed by atoms with Crippen LogP contribution in [-0.2, 0) is 27.1 Å². The quantitative estimate of drug-likeness (QED) is 0.171. The molecule has 71 heavy (non-hydrogen) atoms. The molecular formula is C69H61NO. The lowest BCUT2D eigenvalue weighted by molar-refractivity contribution is 0.559. The third-order valence-corrected chi connectivity index (χ3v) is 16.8. The van der Waals surface area contributed by atoms with E-state index in [0.717, 1.165) is 22.5 Å². The third-order valence-electron chi connectivity index (χ3n) is 16.8. The Morgan fingerprint density at radius 1 is 0.423 bits per heavy atom. The summed E-state index contributed by atoms with van der Waals surface area (Å²) in [4.78, 5) is 2.55. The largest absolute Gasteiger partial charge is 0.456 e. The molecule has 0 unspecified atom stereocenters. The molecule has 10 aromatic rings. The Kier molecular flexibility index (Phi) is 9.09. The highest BCUT2D eigenvalue weighted by Gasteiger charge is 2.47. The number of furan rings is 1. The Balaban J connectivity index is 1.06. The maximum Gasteiger partial charge on any atom is 0.139 e. The molecule has 0 amide bonds. The van der Waals surface area contributed by atoms with Crippen LogP contribution in [0.1, 0.15) is 125 Å². The van der Waals surface area contributed by atoms with E-state index in [1.54, 1.807) is 0 Å². The zero-order chi connectivity index (χ0) is 49.0. The van der Waals surface area contributed by atoms with E-state index in [-0.39, 0.29) is 21.7 Å². The standard InChI is InChI=1S/C69H61NO/c1-65(2,3)44-39-52-62-60(71-64(52)58(40-44)66(4,5)6)38-37-51-61-56(68(9,10)63(51)62)29-20-30-59(61)70(46-35-36-50-47-23-14-17-26-53(47)67(7,8)57(50)41-46)45-33-31-43(32-34-45)69(42-21-12-11-13-22-42)54-27-18-15-24-48(54)49-25-16-19-28-55(49)69/h11-41H,1-10H3. The van der Waals surface area contributed by atoms with Crippen LogP contribution in [0.4, 0.5) is 17.1 Å². The van der Waals surface area contributed by atoms with Crippen molar-refractivity contribution in [3.63, 3.8) is 0 Å². The van der Waals surface area contributed by atoms with Gasteiger partial charge in [0.25, 0.3) is 0 Å². The van der Waals surface area contributed by atoms with Crippen molar-refractivity contribution in [3.05, 3.63) is 244 Å². The second-order valence-electron chi connectivity index (χ2n) is 23.7. The van der Waals surface area contributed by atoms with Crippen LogP contribution in [-0.4, -0.2) is 0 Å². The number of nitrogens with zero attached hydrogens (tertiary/aromatic N) is 1. The first-order chi connectivity index (χ1) is 34.0. The normalized spacial score (nSPS) is 15.5. The Morgan fingerprint density at radius 2 is 0.972 bits per heavy atom. The summed E-state index contributed by atoms with van der Waals surface area (Å²) in [6, 6.07) is 71.3. The second-order valence-corrected chi connectivity index (χ2v) is 23.7. The number of anilines is 3. The van der Waals surface area contributed by atoms with Gasteiger partial charge in [-0.05, 0) is 131 Å². The predicted molar refractivity (Wildman–Crippen MR) is 298 cm³/mol. The first-order valence-corrected chi connectivity index (χ1v) is 25.6. The number of hydrogen-bond acceptors (Lipinski definition) is 2. The van der Waals surface area contributed by atoms with Gasteiger partial charge in [-0.1, -0.05) is 215 Å². The van der Waals surface area contributed by atoms with E-state index in [4.69, 9.17) is 4.42 Å². The Morgan fingerprint density at radius 3 is 1.62 bits per heavy atom. The molecule has 3 aliphatic rings. The van der Waals surface area contributed by atoms with Crippen molar-refractivity contribution in [2.24, 2.45) is 0 Å². The van der Waals surface area contributed by atoms with E-state index < -0.39 is 5.41 Å². The lowest BCUT2D eigenvalue weighted by atomic mass is 9.68. The van der Waals surface area contributed by atoms with Gasteiger partial charge in [0, 0.05) is 44.1 Å². The van der Waals surface area contributed by atoms with Crippen molar-refractivity contribution in [3.8, 4) is 33.4 Å². The molecular weight excluding hydrogens is 859 g/mol. The number of fused-ring (bicyclic) bond motifs is 13. The van der Waals surface area contributed by atoms with E-state index in [0.29, 0.717) is 0 Å². The molecule has 3 aliphatic carbocycles. The van der Waals surface area contributed by atoms with E-state index in [1.165, 1.54) is 105 Å². The Labute approximate surface area is 419 Å². The second kappa shape index (κ2) is 14.8. The lowest BCUT2D eigenvalue weighted by Gasteiger charge is -2.35. The summed E-state index contributed by atoms with van der Waals surface area (Å²) in [6.07, 6.45) is 0. The van der Waals surface area contributed by atoms with Crippen LogP contribution >= 0.6 is 0 Å². The Hall–Kier alpha value is -7.42. The fourth-order valence-corrected chi connectivity index (χ4v) is 13.3. The van der Waals surface area contributed by atoms with Crippen LogP contribution < -0.4 is 4.90 Å². The van der Waals surface area contributed by atoms with Crippen molar-refractivity contribution in [1.82, 2.24) is 0 Å².